The van der Waals surface area contributed by atoms with Crippen LogP contribution in [0.25, 0.3) is 65.3 Å². The third-order valence-corrected chi connectivity index (χ3v) is 9.05. The number of halogens is 2. The van der Waals surface area contributed by atoms with Crippen molar-refractivity contribution >= 4 is 43.1 Å². The summed E-state index contributed by atoms with van der Waals surface area (Å²) in [6, 6.07) is 72.4. The molecular weight excluding hydrogens is 854 g/mol. The summed E-state index contributed by atoms with van der Waals surface area (Å²) >= 11 is 0. The second-order valence-electron chi connectivity index (χ2n) is 12.7. The van der Waals surface area contributed by atoms with Crippen LogP contribution in [0.2, 0.25) is 0 Å². The molecule has 4 heteroatoms. The molecule has 0 aliphatic carbocycles. The number of hydrogen-bond donors (Lipinski definition) is 0. The third-order valence-electron chi connectivity index (χ3n) is 9.05. The van der Waals surface area contributed by atoms with Gasteiger partial charge in [0.1, 0.15) is 0 Å². The Labute approximate surface area is 370 Å². The molecule has 0 atom stereocenters. The van der Waals surface area contributed by atoms with E-state index in [0.717, 1.165) is 0 Å². The van der Waals surface area contributed by atoms with E-state index in [2.05, 4.69) is 220 Å². The van der Waals surface area contributed by atoms with Crippen LogP contribution in [0.5, 0.6) is 0 Å². The molecule has 0 unspecified atom stereocenters. The quantitative estimate of drug-likeness (QED) is 0.154. The van der Waals surface area contributed by atoms with Gasteiger partial charge in [0.15, 0.2) is 0 Å². The van der Waals surface area contributed by atoms with E-state index < -0.39 is 0 Å². The van der Waals surface area contributed by atoms with E-state index >= 15 is 0 Å². The van der Waals surface area contributed by atoms with Gasteiger partial charge < -0.3 is 24.8 Å². The van der Waals surface area contributed by atoms with Crippen LogP contribution >= 0.6 is 0 Å². The van der Waals surface area contributed by atoms with Gasteiger partial charge in [-0.3, -0.25) is 0 Å². The summed E-state index contributed by atoms with van der Waals surface area (Å²) in [5.74, 6) is 0. The van der Waals surface area contributed by atoms with Crippen molar-refractivity contribution in [1.29, 1.82) is 0 Å². The van der Waals surface area contributed by atoms with Gasteiger partial charge in [-0.05, 0) is 11.1 Å². The molecule has 10 rings (SSSR count). The second kappa shape index (κ2) is 21.9. The van der Waals surface area contributed by atoms with E-state index in [1.54, 1.807) is 0 Å². The fourth-order valence-corrected chi connectivity index (χ4v) is 6.65. The monoisotopic (exact) mass is 890 g/mol. The maximum atomic E-state index is 2.26. The Morgan fingerprint density at radius 2 is 0.704 bits per heavy atom. The minimum absolute atomic E-state index is 0. The average Bonchev–Trinajstić information content (AvgIpc) is 3.98. The number of rotatable bonds is 2. The zero-order valence-corrected chi connectivity index (χ0v) is 36.8. The van der Waals surface area contributed by atoms with Crippen LogP contribution in [0, 0.1) is 13.8 Å². The van der Waals surface area contributed by atoms with Crippen molar-refractivity contribution in [3.05, 3.63) is 217 Å². The van der Waals surface area contributed by atoms with Gasteiger partial charge in [-0.15, -0.1) is 128 Å². The van der Waals surface area contributed by atoms with E-state index in [9.17, 15) is 0 Å². The molecular formula is C50H40Cl2Zr2-2. The first-order chi connectivity index (χ1) is 24.6. The maximum absolute atomic E-state index is 2.26. The van der Waals surface area contributed by atoms with Gasteiger partial charge in [0, 0.05) is 0 Å². The number of benzene rings is 6. The number of fused-ring (bicyclic) bond motifs is 4. The summed E-state index contributed by atoms with van der Waals surface area (Å²) in [4.78, 5) is 0. The molecule has 0 fully saturated rings. The molecule has 0 saturated heterocycles. The first kappa shape index (κ1) is 44.5. The molecule has 0 N–H and O–H groups in total. The van der Waals surface area contributed by atoms with Gasteiger partial charge >= 0.3 is 52.4 Å². The van der Waals surface area contributed by atoms with Crippen molar-refractivity contribution in [3.8, 4) is 22.3 Å². The summed E-state index contributed by atoms with van der Waals surface area (Å²) in [5, 5.41) is 10.7. The summed E-state index contributed by atoms with van der Waals surface area (Å²) in [5.41, 5.74) is 7.89. The van der Waals surface area contributed by atoms with Crippen molar-refractivity contribution in [2.75, 3.05) is 0 Å². The predicted octanol–water partition coefficient (Wildman–Crippen LogP) is 8.19. The van der Waals surface area contributed by atoms with E-state index in [1.165, 1.54) is 76.5 Å². The Morgan fingerprint density at radius 1 is 0.352 bits per heavy atom. The normalized spacial score (nSPS) is 9.81. The molecule has 0 heterocycles. The number of hydrogen-bond acceptors (Lipinski definition) is 0. The molecule has 10 aromatic rings. The van der Waals surface area contributed by atoms with Gasteiger partial charge in [0.05, 0.1) is 0 Å². The minimum Gasteiger partial charge on any atom is -1.00 e. The molecule has 0 amide bonds. The van der Waals surface area contributed by atoms with E-state index in [0.29, 0.717) is 0 Å². The van der Waals surface area contributed by atoms with Gasteiger partial charge in [-0.1, -0.05) is 110 Å². The molecule has 0 spiro atoms. The molecule has 0 radical (unpaired) electrons. The van der Waals surface area contributed by atoms with E-state index in [4.69, 9.17) is 0 Å². The summed E-state index contributed by atoms with van der Waals surface area (Å²) in [6.45, 7) is 4.30. The Hall–Kier alpha value is -3.89. The smallest absolute Gasteiger partial charge is 1.00 e. The third kappa shape index (κ3) is 11.1. The molecule has 264 valence electrons. The van der Waals surface area contributed by atoms with Crippen LogP contribution in [-0.2, 0) is 52.4 Å². The topological polar surface area (TPSA) is 0 Å². The first-order valence-electron chi connectivity index (χ1n) is 17.3. The minimum atomic E-state index is 0. The summed E-state index contributed by atoms with van der Waals surface area (Å²) < 4.78 is 0. The van der Waals surface area contributed by atoms with Crippen LogP contribution in [-0.4, -0.2) is 0 Å². The molecule has 54 heavy (non-hydrogen) atoms. The largest absolute Gasteiger partial charge is 2.00 e. The van der Waals surface area contributed by atoms with Gasteiger partial charge in [0.25, 0.3) is 0 Å². The molecule has 0 bridgehead atoms. The zero-order valence-electron chi connectivity index (χ0n) is 30.4. The number of aryl methyl sites for hydroxylation is 2. The zero-order chi connectivity index (χ0) is 34.1. The van der Waals surface area contributed by atoms with E-state index in [1.807, 2.05) is 0 Å². The van der Waals surface area contributed by atoms with Crippen molar-refractivity contribution in [2.24, 2.45) is 0 Å². The Bertz CT molecular complexity index is 2330. The second-order valence-corrected chi connectivity index (χ2v) is 12.7. The fraction of sp³-hybridized carbons (Fsp3) is 0.0400. The van der Waals surface area contributed by atoms with Crippen molar-refractivity contribution in [3.63, 3.8) is 0 Å². The van der Waals surface area contributed by atoms with Crippen LogP contribution in [0.15, 0.2) is 206 Å². The van der Waals surface area contributed by atoms with Gasteiger partial charge in [0.2, 0.25) is 0 Å². The molecule has 0 aromatic heterocycles. The van der Waals surface area contributed by atoms with Crippen molar-refractivity contribution in [1.82, 2.24) is 0 Å². The molecule has 0 saturated carbocycles. The average molecular weight is 894 g/mol. The van der Waals surface area contributed by atoms with Crippen LogP contribution < -0.4 is 24.8 Å². The fourth-order valence-electron chi connectivity index (χ4n) is 6.65. The van der Waals surface area contributed by atoms with Crippen molar-refractivity contribution < 1.29 is 77.2 Å². The maximum Gasteiger partial charge on any atom is 2.00 e. The van der Waals surface area contributed by atoms with Crippen LogP contribution in [0.4, 0.5) is 0 Å². The molecule has 0 nitrogen and oxygen atoms in total. The SMILES string of the molecule is Cc1cc2c(-c3ccccc3)cccc2[cH-]1.Cc1cc2c(-c3ccccc3)cccc2[cH-]1.[Cl-].[Cl-].[Zr+2].[Zr+2].c1ccc2[cH-]ccc2c1.c1ccc2[cH-]ccc2c1. The van der Waals surface area contributed by atoms with Crippen molar-refractivity contribution in [2.45, 2.75) is 13.8 Å². The summed E-state index contributed by atoms with van der Waals surface area (Å²) in [7, 11) is 0. The predicted molar refractivity (Wildman–Crippen MR) is 219 cm³/mol. The van der Waals surface area contributed by atoms with Gasteiger partial charge in [-0.25, -0.2) is 0 Å². The first-order valence-corrected chi connectivity index (χ1v) is 17.3. The molecule has 0 aliphatic heterocycles. The van der Waals surface area contributed by atoms with Crippen LogP contribution in [0.3, 0.4) is 0 Å². The Morgan fingerprint density at radius 3 is 1.09 bits per heavy atom. The van der Waals surface area contributed by atoms with Gasteiger partial charge in [-0.2, -0.15) is 47.2 Å². The molecule has 0 aliphatic rings. The Kier molecular flexibility index (Phi) is 18.0. The standard InChI is InChI=1S/2C16H13.2C9H7.2ClH.2Zr/c2*1-12-10-14-8-5-9-15(16(14)11-12)13-6-3-2-4-7-13;2*1-2-5-9-7-3-6-8(9)4-1;;;;/h2*2-11H,1H3;2*1-7H;2*1H;;/q4*-1;;;2*+2/p-2. The van der Waals surface area contributed by atoms with E-state index in [-0.39, 0.29) is 77.2 Å². The van der Waals surface area contributed by atoms with Crippen LogP contribution in [0.1, 0.15) is 11.1 Å². The summed E-state index contributed by atoms with van der Waals surface area (Å²) in [6.07, 6.45) is 0. The Balaban J connectivity index is 0.000000195. The molecule has 10 aromatic carbocycles.